The number of rotatable bonds is 6. The second-order valence-electron chi connectivity index (χ2n) is 5.01. The first-order valence-electron chi connectivity index (χ1n) is 7.06. The first-order valence-corrected chi connectivity index (χ1v) is 8.61. The minimum absolute atomic E-state index is 0.479. The highest BCUT2D eigenvalue weighted by molar-refractivity contribution is 7.92. The Hall–Kier alpha value is -1.39. The van der Waals surface area contributed by atoms with E-state index in [9.17, 15) is 8.42 Å². The van der Waals surface area contributed by atoms with Gasteiger partial charge in [-0.3, -0.25) is 0 Å². The Bertz CT molecular complexity index is 574. The molecule has 1 aromatic rings. The highest BCUT2D eigenvalue weighted by atomic mass is 32.2. The summed E-state index contributed by atoms with van der Waals surface area (Å²) >= 11 is 0. The second kappa shape index (κ2) is 7.41. The smallest absolute Gasteiger partial charge is 0.211 e. The molecule has 0 heterocycles. The summed E-state index contributed by atoms with van der Waals surface area (Å²) in [6.45, 7) is 0.479. The van der Waals surface area contributed by atoms with E-state index < -0.39 is 10.0 Å². The number of hydrogen-bond acceptors (Lipinski definition) is 2. The molecule has 4 heteroatoms. The van der Waals surface area contributed by atoms with Gasteiger partial charge in [0.25, 0.3) is 0 Å². The second-order valence-corrected chi connectivity index (χ2v) is 6.66. The molecule has 0 amide bonds. The van der Waals surface area contributed by atoms with Gasteiger partial charge in [0.2, 0.25) is 10.0 Å². The molecule has 108 valence electrons. The minimum atomic E-state index is -3.34. The van der Waals surface area contributed by atoms with Gasteiger partial charge in [-0.1, -0.05) is 42.0 Å². The fourth-order valence-corrected chi connectivity index (χ4v) is 3.09. The molecular weight excluding hydrogens is 270 g/mol. The van der Waals surface area contributed by atoms with Gasteiger partial charge in [0.15, 0.2) is 0 Å². The fourth-order valence-electron chi connectivity index (χ4n) is 2.27. The topological polar surface area (TPSA) is 46.2 Å². The Morgan fingerprint density at radius 1 is 1.15 bits per heavy atom. The zero-order valence-electron chi connectivity index (χ0n) is 11.6. The van der Waals surface area contributed by atoms with Crippen molar-refractivity contribution in [3.05, 3.63) is 53.0 Å². The van der Waals surface area contributed by atoms with E-state index >= 15 is 0 Å². The molecule has 0 bridgehead atoms. The maximum Gasteiger partial charge on any atom is 0.233 e. The third kappa shape index (κ3) is 5.31. The van der Waals surface area contributed by atoms with Crippen LogP contribution in [0.4, 0.5) is 0 Å². The molecule has 0 spiro atoms. The van der Waals surface area contributed by atoms with Crippen molar-refractivity contribution < 1.29 is 8.42 Å². The Morgan fingerprint density at radius 2 is 1.95 bits per heavy atom. The van der Waals surface area contributed by atoms with Gasteiger partial charge in [-0.25, -0.2) is 13.1 Å². The number of benzene rings is 1. The number of nitrogens with one attached hydrogen (secondary N) is 1. The standard InChI is InChI=1S/C16H21NO2S/c18-20(19,14-12-16-9-5-2-6-10-16)17-13-11-15-7-3-1-4-8-15/h2,5-7,9-10,12,14,17H,1,3-4,8,11,13H2. The van der Waals surface area contributed by atoms with E-state index in [0.29, 0.717) is 6.54 Å². The summed E-state index contributed by atoms with van der Waals surface area (Å²) < 4.78 is 26.3. The van der Waals surface area contributed by atoms with Crippen molar-refractivity contribution in [2.24, 2.45) is 0 Å². The van der Waals surface area contributed by atoms with Crippen molar-refractivity contribution in [2.75, 3.05) is 6.54 Å². The Labute approximate surface area is 121 Å². The normalized spacial score (nSPS) is 16.3. The summed E-state index contributed by atoms with van der Waals surface area (Å²) in [7, 11) is -3.34. The monoisotopic (exact) mass is 291 g/mol. The Morgan fingerprint density at radius 3 is 2.65 bits per heavy atom. The summed E-state index contributed by atoms with van der Waals surface area (Å²) in [5.74, 6) is 0. The molecule has 0 unspecified atom stereocenters. The molecule has 2 rings (SSSR count). The Balaban J connectivity index is 1.82. The van der Waals surface area contributed by atoms with Crippen LogP contribution < -0.4 is 4.72 Å². The first-order chi connectivity index (χ1) is 9.66. The molecule has 1 aliphatic carbocycles. The lowest BCUT2D eigenvalue weighted by atomic mass is 9.97. The van der Waals surface area contributed by atoms with Crippen molar-refractivity contribution >= 4 is 16.1 Å². The number of hydrogen-bond donors (Lipinski definition) is 1. The summed E-state index contributed by atoms with van der Waals surface area (Å²) in [5.41, 5.74) is 2.26. The van der Waals surface area contributed by atoms with Crippen LogP contribution in [-0.2, 0) is 10.0 Å². The molecule has 0 fully saturated rings. The summed E-state index contributed by atoms with van der Waals surface area (Å²) in [4.78, 5) is 0. The van der Waals surface area contributed by atoms with E-state index in [0.717, 1.165) is 24.8 Å². The molecule has 1 aromatic carbocycles. The maximum absolute atomic E-state index is 11.8. The molecular formula is C16H21NO2S. The molecule has 1 N–H and O–H groups in total. The van der Waals surface area contributed by atoms with Crippen molar-refractivity contribution in [3.63, 3.8) is 0 Å². The van der Waals surface area contributed by atoms with Crippen LogP contribution in [0.15, 0.2) is 47.4 Å². The van der Waals surface area contributed by atoms with E-state index in [4.69, 9.17) is 0 Å². The SMILES string of the molecule is O=S(=O)(C=Cc1ccccc1)NCCC1=CCCCC1. The minimum Gasteiger partial charge on any atom is -0.211 e. The average molecular weight is 291 g/mol. The molecule has 0 atom stereocenters. The van der Waals surface area contributed by atoms with E-state index in [1.54, 1.807) is 6.08 Å². The third-order valence-corrected chi connectivity index (χ3v) is 4.47. The van der Waals surface area contributed by atoms with Crippen LogP contribution in [0.3, 0.4) is 0 Å². The lowest BCUT2D eigenvalue weighted by Gasteiger charge is -2.12. The van der Waals surface area contributed by atoms with Crippen LogP contribution in [0, 0.1) is 0 Å². The van der Waals surface area contributed by atoms with Gasteiger partial charge in [0.05, 0.1) is 0 Å². The van der Waals surface area contributed by atoms with Gasteiger partial charge >= 0.3 is 0 Å². The van der Waals surface area contributed by atoms with Crippen LogP contribution in [0.1, 0.15) is 37.7 Å². The molecule has 1 aliphatic rings. The first kappa shape index (κ1) is 15.0. The lowest BCUT2D eigenvalue weighted by Crippen LogP contribution is -2.22. The van der Waals surface area contributed by atoms with Gasteiger partial charge in [0, 0.05) is 12.0 Å². The van der Waals surface area contributed by atoms with E-state index in [2.05, 4.69) is 10.8 Å². The molecule has 3 nitrogen and oxygen atoms in total. The van der Waals surface area contributed by atoms with E-state index in [-0.39, 0.29) is 0 Å². The predicted octanol–water partition coefficient (Wildman–Crippen LogP) is 3.47. The largest absolute Gasteiger partial charge is 0.233 e. The van der Waals surface area contributed by atoms with E-state index in [1.807, 2.05) is 30.3 Å². The molecule has 0 saturated carbocycles. The van der Waals surface area contributed by atoms with Crippen LogP contribution >= 0.6 is 0 Å². The zero-order chi connectivity index (χ0) is 14.3. The highest BCUT2D eigenvalue weighted by Gasteiger charge is 2.07. The zero-order valence-corrected chi connectivity index (χ0v) is 12.4. The van der Waals surface area contributed by atoms with Crippen molar-refractivity contribution in [2.45, 2.75) is 32.1 Å². The highest BCUT2D eigenvalue weighted by Crippen LogP contribution is 2.19. The Kier molecular flexibility index (Phi) is 5.56. The van der Waals surface area contributed by atoms with E-state index in [1.165, 1.54) is 23.8 Å². The average Bonchev–Trinajstić information content (AvgIpc) is 2.47. The van der Waals surface area contributed by atoms with Gasteiger partial charge in [-0.2, -0.15) is 0 Å². The van der Waals surface area contributed by atoms with Gasteiger partial charge in [0.1, 0.15) is 0 Å². The van der Waals surface area contributed by atoms with Crippen molar-refractivity contribution in [1.82, 2.24) is 4.72 Å². The fraction of sp³-hybridized carbons (Fsp3) is 0.375. The number of allylic oxidation sites excluding steroid dienone is 1. The molecule has 0 radical (unpaired) electrons. The van der Waals surface area contributed by atoms with Crippen LogP contribution in [0.25, 0.3) is 6.08 Å². The lowest BCUT2D eigenvalue weighted by molar-refractivity contribution is 0.588. The predicted molar refractivity (Wildman–Crippen MR) is 83.6 cm³/mol. The van der Waals surface area contributed by atoms with Gasteiger partial charge < -0.3 is 0 Å². The van der Waals surface area contributed by atoms with Gasteiger partial charge in [-0.15, -0.1) is 0 Å². The summed E-state index contributed by atoms with van der Waals surface area (Å²) in [6.07, 6.45) is 9.41. The molecule has 20 heavy (non-hydrogen) atoms. The molecule has 0 aliphatic heterocycles. The summed E-state index contributed by atoms with van der Waals surface area (Å²) in [5, 5.41) is 1.23. The van der Waals surface area contributed by atoms with Crippen LogP contribution in [0.2, 0.25) is 0 Å². The van der Waals surface area contributed by atoms with Crippen LogP contribution in [-0.4, -0.2) is 15.0 Å². The quantitative estimate of drug-likeness (QED) is 0.816. The molecule has 0 aromatic heterocycles. The summed E-state index contributed by atoms with van der Waals surface area (Å²) in [6, 6.07) is 9.42. The van der Waals surface area contributed by atoms with Crippen LogP contribution in [0.5, 0.6) is 0 Å². The number of sulfonamides is 1. The molecule has 0 saturated heterocycles. The van der Waals surface area contributed by atoms with Gasteiger partial charge in [-0.05, 0) is 43.7 Å². The third-order valence-electron chi connectivity index (χ3n) is 3.37. The maximum atomic E-state index is 11.8. The van der Waals surface area contributed by atoms with Crippen molar-refractivity contribution in [3.8, 4) is 0 Å². The van der Waals surface area contributed by atoms with Crippen molar-refractivity contribution in [1.29, 1.82) is 0 Å².